The van der Waals surface area contributed by atoms with Gasteiger partial charge in [-0.15, -0.1) is 0 Å². The van der Waals surface area contributed by atoms with Gasteiger partial charge in [0.15, 0.2) is 0 Å². The third-order valence-electron chi connectivity index (χ3n) is 3.88. The minimum absolute atomic E-state index is 0.181. The molecule has 110 valence electrons. The Morgan fingerprint density at radius 3 is 2.67 bits per heavy atom. The monoisotopic (exact) mass is 324 g/mol. The van der Waals surface area contributed by atoms with Gasteiger partial charge in [-0.05, 0) is 37.8 Å². The van der Waals surface area contributed by atoms with Gasteiger partial charge in [0.25, 0.3) is 0 Å². The van der Waals surface area contributed by atoms with Crippen molar-refractivity contribution in [2.24, 2.45) is 5.92 Å². The SMILES string of the molecule is CC(C1CC1)n1cc(C(=O)O)c(-c2ccc(Cl)c(Cl)c2)n1. The van der Waals surface area contributed by atoms with E-state index in [-0.39, 0.29) is 11.6 Å². The van der Waals surface area contributed by atoms with E-state index in [0.717, 1.165) is 0 Å². The van der Waals surface area contributed by atoms with Crippen molar-refractivity contribution < 1.29 is 9.90 Å². The van der Waals surface area contributed by atoms with Crippen molar-refractivity contribution in [2.45, 2.75) is 25.8 Å². The molecular formula is C15H14Cl2N2O2. The lowest BCUT2D eigenvalue weighted by Crippen LogP contribution is -2.07. The van der Waals surface area contributed by atoms with Crippen LogP contribution in [0.25, 0.3) is 11.3 Å². The van der Waals surface area contributed by atoms with E-state index in [9.17, 15) is 9.90 Å². The maximum Gasteiger partial charge on any atom is 0.339 e. The maximum absolute atomic E-state index is 11.5. The fraction of sp³-hybridized carbons (Fsp3) is 0.333. The molecule has 1 heterocycles. The highest BCUT2D eigenvalue weighted by molar-refractivity contribution is 6.42. The Kier molecular flexibility index (Phi) is 3.68. The van der Waals surface area contributed by atoms with Crippen LogP contribution in [0.5, 0.6) is 0 Å². The minimum atomic E-state index is -0.995. The van der Waals surface area contributed by atoms with Crippen LogP contribution < -0.4 is 0 Å². The Morgan fingerprint density at radius 1 is 1.38 bits per heavy atom. The van der Waals surface area contributed by atoms with Crippen LogP contribution in [0.2, 0.25) is 10.0 Å². The molecule has 21 heavy (non-hydrogen) atoms. The third-order valence-corrected chi connectivity index (χ3v) is 4.62. The number of carboxylic acids is 1. The quantitative estimate of drug-likeness (QED) is 0.899. The Balaban J connectivity index is 2.06. The second kappa shape index (κ2) is 5.35. The van der Waals surface area contributed by atoms with Gasteiger partial charge in [0, 0.05) is 11.8 Å². The molecule has 4 nitrogen and oxygen atoms in total. The average molecular weight is 325 g/mol. The van der Waals surface area contributed by atoms with E-state index in [1.807, 2.05) is 0 Å². The molecule has 1 saturated carbocycles. The standard InChI is InChI=1S/C15H14Cl2N2O2/c1-8(9-2-3-9)19-7-11(15(20)21)14(18-19)10-4-5-12(16)13(17)6-10/h4-9H,2-3H2,1H3,(H,20,21). The van der Waals surface area contributed by atoms with E-state index in [4.69, 9.17) is 23.2 Å². The number of aromatic nitrogens is 2. The zero-order valence-corrected chi connectivity index (χ0v) is 12.9. The predicted molar refractivity (Wildman–Crippen MR) is 82.1 cm³/mol. The van der Waals surface area contributed by atoms with E-state index in [1.165, 1.54) is 12.8 Å². The molecule has 6 heteroatoms. The molecule has 1 aromatic carbocycles. The van der Waals surface area contributed by atoms with E-state index < -0.39 is 5.97 Å². The first-order valence-corrected chi connectivity index (χ1v) is 7.51. The fourth-order valence-electron chi connectivity index (χ4n) is 2.41. The van der Waals surface area contributed by atoms with Crippen LogP contribution >= 0.6 is 23.2 Å². The van der Waals surface area contributed by atoms with Crippen molar-refractivity contribution in [3.05, 3.63) is 40.0 Å². The molecule has 0 aliphatic heterocycles. The molecule has 1 unspecified atom stereocenters. The first-order valence-electron chi connectivity index (χ1n) is 6.75. The lowest BCUT2D eigenvalue weighted by atomic mass is 10.1. The van der Waals surface area contributed by atoms with Gasteiger partial charge in [-0.3, -0.25) is 4.68 Å². The van der Waals surface area contributed by atoms with Crippen molar-refractivity contribution in [2.75, 3.05) is 0 Å². The molecule has 1 aliphatic carbocycles. The smallest absolute Gasteiger partial charge is 0.339 e. The second-order valence-corrected chi connectivity index (χ2v) is 6.20. The number of carbonyl (C=O) groups is 1. The predicted octanol–water partition coefficient (Wildman–Crippen LogP) is 4.53. The summed E-state index contributed by atoms with van der Waals surface area (Å²) in [6.07, 6.45) is 3.94. The highest BCUT2D eigenvalue weighted by Crippen LogP contribution is 2.40. The number of rotatable bonds is 4. The van der Waals surface area contributed by atoms with Crippen LogP contribution in [0.3, 0.4) is 0 Å². The number of nitrogens with zero attached hydrogens (tertiary/aromatic N) is 2. The fourth-order valence-corrected chi connectivity index (χ4v) is 2.71. The van der Waals surface area contributed by atoms with E-state index in [1.54, 1.807) is 29.1 Å². The van der Waals surface area contributed by atoms with E-state index >= 15 is 0 Å². The molecule has 0 bridgehead atoms. The lowest BCUT2D eigenvalue weighted by molar-refractivity contribution is 0.0697. The van der Waals surface area contributed by atoms with Crippen molar-refractivity contribution in [1.82, 2.24) is 9.78 Å². The third kappa shape index (κ3) is 2.78. The number of hydrogen-bond acceptors (Lipinski definition) is 2. The molecule has 1 N–H and O–H groups in total. The van der Waals surface area contributed by atoms with Crippen LogP contribution in [0.15, 0.2) is 24.4 Å². The van der Waals surface area contributed by atoms with Gasteiger partial charge in [0.2, 0.25) is 0 Å². The van der Waals surface area contributed by atoms with Gasteiger partial charge >= 0.3 is 5.97 Å². The number of carboxylic acid groups (broad SMARTS) is 1. The first kappa shape index (κ1) is 14.4. The van der Waals surface area contributed by atoms with Gasteiger partial charge < -0.3 is 5.11 Å². The molecule has 2 aromatic rings. The zero-order valence-electron chi connectivity index (χ0n) is 11.4. The Hall–Kier alpha value is -1.52. The Labute approximate surface area is 132 Å². The van der Waals surface area contributed by atoms with Crippen LogP contribution in [-0.2, 0) is 0 Å². The molecule has 1 aliphatic rings. The van der Waals surface area contributed by atoms with E-state index in [0.29, 0.717) is 27.2 Å². The largest absolute Gasteiger partial charge is 0.478 e. The average Bonchev–Trinajstić information content (AvgIpc) is 3.19. The molecule has 1 aromatic heterocycles. The van der Waals surface area contributed by atoms with Gasteiger partial charge in [-0.25, -0.2) is 4.79 Å². The normalized spacial score (nSPS) is 16.0. The number of aromatic carboxylic acids is 1. The molecule has 1 fully saturated rings. The van der Waals surface area contributed by atoms with E-state index in [2.05, 4.69) is 12.0 Å². The minimum Gasteiger partial charge on any atom is -0.478 e. The summed E-state index contributed by atoms with van der Waals surface area (Å²) in [5, 5.41) is 14.7. The van der Waals surface area contributed by atoms with Crippen LogP contribution in [0, 0.1) is 5.92 Å². The second-order valence-electron chi connectivity index (χ2n) is 5.38. The van der Waals surface area contributed by atoms with Crippen LogP contribution in [0.1, 0.15) is 36.2 Å². The molecular weight excluding hydrogens is 311 g/mol. The summed E-state index contributed by atoms with van der Waals surface area (Å²) in [6.45, 7) is 2.06. The first-order chi connectivity index (χ1) is 9.97. The van der Waals surface area contributed by atoms with Gasteiger partial charge in [-0.1, -0.05) is 29.3 Å². The molecule has 3 rings (SSSR count). The highest BCUT2D eigenvalue weighted by atomic mass is 35.5. The zero-order chi connectivity index (χ0) is 15.1. The summed E-state index contributed by atoms with van der Waals surface area (Å²) in [5.41, 5.74) is 1.26. The Morgan fingerprint density at radius 2 is 2.10 bits per heavy atom. The lowest BCUT2D eigenvalue weighted by Gasteiger charge is -2.09. The summed E-state index contributed by atoms with van der Waals surface area (Å²) >= 11 is 11.9. The topological polar surface area (TPSA) is 55.1 Å². The van der Waals surface area contributed by atoms with Crippen molar-refractivity contribution in [1.29, 1.82) is 0 Å². The summed E-state index contributed by atoms with van der Waals surface area (Å²) in [4.78, 5) is 11.5. The molecule has 0 saturated heterocycles. The van der Waals surface area contributed by atoms with Crippen molar-refractivity contribution >= 4 is 29.2 Å². The van der Waals surface area contributed by atoms with Gasteiger partial charge in [-0.2, -0.15) is 5.10 Å². The number of hydrogen-bond donors (Lipinski definition) is 1. The molecule has 0 spiro atoms. The van der Waals surface area contributed by atoms with Gasteiger partial charge in [0.05, 0.1) is 16.1 Å². The Bertz CT molecular complexity index is 708. The van der Waals surface area contributed by atoms with Crippen LogP contribution in [0.4, 0.5) is 0 Å². The molecule has 1 atom stereocenters. The summed E-state index contributed by atoms with van der Waals surface area (Å²) in [5.74, 6) is -0.404. The summed E-state index contributed by atoms with van der Waals surface area (Å²) in [7, 11) is 0. The van der Waals surface area contributed by atoms with Crippen molar-refractivity contribution in [3.63, 3.8) is 0 Å². The number of halogens is 2. The summed E-state index contributed by atoms with van der Waals surface area (Å²) in [6, 6.07) is 5.23. The maximum atomic E-state index is 11.5. The molecule has 0 radical (unpaired) electrons. The molecule has 0 amide bonds. The summed E-state index contributed by atoms with van der Waals surface area (Å²) < 4.78 is 1.75. The highest BCUT2D eigenvalue weighted by Gasteiger charge is 2.31. The van der Waals surface area contributed by atoms with Crippen LogP contribution in [-0.4, -0.2) is 20.9 Å². The van der Waals surface area contributed by atoms with Gasteiger partial charge in [0.1, 0.15) is 11.3 Å². The van der Waals surface area contributed by atoms with Crippen molar-refractivity contribution in [3.8, 4) is 11.3 Å². The number of benzene rings is 1.